The number of rotatable bonds is 4. The first-order valence-corrected chi connectivity index (χ1v) is 12.1. The lowest BCUT2D eigenvalue weighted by Gasteiger charge is -2.29. The second-order valence-electron chi connectivity index (χ2n) is 9.04. The summed E-state index contributed by atoms with van der Waals surface area (Å²) in [5, 5.41) is 17.1. The first-order valence-electron chi connectivity index (χ1n) is 12.1. The highest BCUT2D eigenvalue weighted by molar-refractivity contribution is 5.91. The van der Waals surface area contributed by atoms with Crippen molar-refractivity contribution >= 4 is 16.4 Å². The molecule has 2 aromatic heterocycles. The number of fused-ring (bicyclic) bond motifs is 6. The van der Waals surface area contributed by atoms with Gasteiger partial charge in [-0.1, -0.05) is 54.6 Å². The second-order valence-corrected chi connectivity index (χ2v) is 9.04. The van der Waals surface area contributed by atoms with Gasteiger partial charge in [-0.05, 0) is 35.2 Å². The zero-order chi connectivity index (χ0) is 25.8. The Morgan fingerprint density at radius 1 is 0.895 bits per heavy atom. The Hall–Kier alpha value is -5.11. The molecule has 1 unspecified atom stereocenters. The Labute approximate surface area is 217 Å². The average Bonchev–Trinajstić information content (AvgIpc) is 3.40. The maximum atomic E-state index is 10.4. The highest BCUT2D eigenvalue weighted by atomic mass is 16.5. The summed E-state index contributed by atoms with van der Waals surface area (Å²) in [5.41, 5.74) is 3.84. The van der Waals surface area contributed by atoms with E-state index in [1.165, 1.54) is 0 Å². The molecule has 8 nitrogen and oxygen atoms in total. The molecule has 3 heterocycles. The van der Waals surface area contributed by atoms with Crippen LogP contribution in [0.1, 0.15) is 22.6 Å². The number of aromatic nitrogens is 4. The van der Waals surface area contributed by atoms with Crippen LogP contribution in [0.25, 0.3) is 27.8 Å². The first kappa shape index (κ1) is 22.1. The van der Waals surface area contributed by atoms with Gasteiger partial charge in [0.05, 0.1) is 25.3 Å². The summed E-state index contributed by atoms with van der Waals surface area (Å²) in [6, 6.07) is 25.2. The van der Waals surface area contributed by atoms with E-state index in [2.05, 4.69) is 34.3 Å². The number of hydrogen-bond donors (Lipinski definition) is 1. The monoisotopic (exact) mass is 502 g/mol. The largest absolute Gasteiger partial charge is 0.507 e. The molecule has 6 aromatic rings. The molecule has 0 fully saturated rings. The van der Waals surface area contributed by atoms with Crippen molar-refractivity contribution in [2.45, 2.75) is 5.92 Å². The van der Waals surface area contributed by atoms with Crippen molar-refractivity contribution in [2.24, 2.45) is 0 Å². The van der Waals surface area contributed by atoms with Crippen LogP contribution in [-0.4, -0.2) is 38.9 Å². The lowest BCUT2D eigenvalue weighted by atomic mass is 9.82. The number of hydrogen-bond acceptors (Lipinski definition) is 7. The molecular formula is C30H22N4O4. The SMILES string of the molecule is COc1ccc(C2c3ccc4ccccc4c3Oc3ncn4nc(-c5ccccc5O)nc4c32)cc1OC. The van der Waals surface area contributed by atoms with Gasteiger partial charge in [0.25, 0.3) is 0 Å². The summed E-state index contributed by atoms with van der Waals surface area (Å²) in [6.07, 6.45) is 1.59. The Bertz CT molecular complexity index is 1860. The van der Waals surface area contributed by atoms with Crippen molar-refractivity contribution < 1.29 is 19.3 Å². The van der Waals surface area contributed by atoms with Gasteiger partial charge >= 0.3 is 0 Å². The molecule has 0 spiro atoms. The predicted octanol–water partition coefficient (Wildman–Crippen LogP) is 5.95. The van der Waals surface area contributed by atoms with Gasteiger partial charge < -0.3 is 19.3 Å². The van der Waals surface area contributed by atoms with E-state index in [9.17, 15) is 5.11 Å². The second kappa shape index (κ2) is 8.48. The Morgan fingerprint density at radius 3 is 2.55 bits per heavy atom. The normalized spacial score (nSPS) is 14.1. The number of para-hydroxylation sites is 1. The highest BCUT2D eigenvalue weighted by Gasteiger charge is 2.35. The van der Waals surface area contributed by atoms with Crippen LogP contribution < -0.4 is 14.2 Å². The van der Waals surface area contributed by atoms with Gasteiger partial charge in [-0.3, -0.25) is 0 Å². The van der Waals surface area contributed by atoms with Crippen LogP contribution in [0.4, 0.5) is 0 Å². The van der Waals surface area contributed by atoms with Crippen LogP contribution in [0, 0.1) is 0 Å². The Balaban J connectivity index is 1.52. The minimum Gasteiger partial charge on any atom is -0.507 e. The number of phenols is 1. The topological polar surface area (TPSA) is 91.0 Å². The van der Waals surface area contributed by atoms with E-state index in [-0.39, 0.29) is 11.7 Å². The molecule has 1 aliphatic rings. The van der Waals surface area contributed by atoms with E-state index in [4.69, 9.17) is 19.2 Å². The third-order valence-corrected chi connectivity index (χ3v) is 6.98. The lowest BCUT2D eigenvalue weighted by Crippen LogP contribution is -2.15. The molecule has 0 aliphatic carbocycles. The molecule has 8 heteroatoms. The van der Waals surface area contributed by atoms with Crippen molar-refractivity contribution in [2.75, 3.05) is 14.2 Å². The molecule has 1 N–H and O–H groups in total. The number of aromatic hydroxyl groups is 1. The Morgan fingerprint density at radius 2 is 1.71 bits per heavy atom. The van der Waals surface area contributed by atoms with Gasteiger partial charge in [0.2, 0.25) is 5.88 Å². The summed E-state index contributed by atoms with van der Waals surface area (Å²) in [4.78, 5) is 9.51. The van der Waals surface area contributed by atoms with Crippen molar-refractivity contribution in [3.63, 3.8) is 0 Å². The van der Waals surface area contributed by atoms with Crippen LogP contribution >= 0.6 is 0 Å². The standard InChI is InChI=1S/C30H22N4O4/c1-36-23-14-12-18(15-24(23)37-2)25-21-13-11-17-7-3-4-8-19(17)27(21)38-30-26(25)29-32-28(33-34(29)16-31-30)20-9-5-6-10-22(20)35/h3-16,25,35H,1-2H3. The van der Waals surface area contributed by atoms with Gasteiger partial charge in [0.15, 0.2) is 23.0 Å². The molecule has 1 atom stereocenters. The minimum absolute atomic E-state index is 0.106. The van der Waals surface area contributed by atoms with Crippen LogP contribution in [-0.2, 0) is 0 Å². The van der Waals surface area contributed by atoms with E-state index < -0.39 is 0 Å². The van der Waals surface area contributed by atoms with Gasteiger partial charge in [0.1, 0.15) is 17.8 Å². The number of benzene rings is 4. The smallest absolute Gasteiger partial charge is 0.228 e. The van der Waals surface area contributed by atoms with Crippen LogP contribution in [0.5, 0.6) is 28.9 Å². The summed E-state index contributed by atoms with van der Waals surface area (Å²) < 4.78 is 19.3. The minimum atomic E-state index is -0.282. The molecule has 0 saturated heterocycles. The summed E-state index contributed by atoms with van der Waals surface area (Å²) >= 11 is 0. The number of methoxy groups -OCH3 is 2. The summed E-state index contributed by atoms with van der Waals surface area (Å²) in [7, 11) is 3.24. The maximum Gasteiger partial charge on any atom is 0.228 e. The quantitative estimate of drug-likeness (QED) is 0.318. The molecule has 4 aromatic carbocycles. The Kier molecular flexibility index (Phi) is 4.94. The molecule has 0 radical (unpaired) electrons. The van der Waals surface area contributed by atoms with E-state index in [1.54, 1.807) is 43.3 Å². The fourth-order valence-electron chi connectivity index (χ4n) is 5.20. The maximum absolute atomic E-state index is 10.4. The average molecular weight is 503 g/mol. The summed E-state index contributed by atoms with van der Waals surface area (Å²) in [5.74, 6) is 2.70. The lowest BCUT2D eigenvalue weighted by molar-refractivity contribution is 0.354. The predicted molar refractivity (Wildman–Crippen MR) is 142 cm³/mol. The van der Waals surface area contributed by atoms with Crippen molar-refractivity contribution in [1.82, 2.24) is 19.6 Å². The molecule has 7 rings (SSSR count). The number of phenolic OH excluding ortho intramolecular Hbond substituents is 1. The fourth-order valence-corrected chi connectivity index (χ4v) is 5.20. The van der Waals surface area contributed by atoms with Crippen LogP contribution in [0.2, 0.25) is 0 Å². The van der Waals surface area contributed by atoms with Crippen LogP contribution in [0.3, 0.4) is 0 Å². The molecule has 0 bridgehead atoms. The van der Waals surface area contributed by atoms with Gasteiger partial charge in [-0.15, -0.1) is 5.10 Å². The van der Waals surface area contributed by atoms with Gasteiger partial charge in [-0.2, -0.15) is 0 Å². The van der Waals surface area contributed by atoms with Crippen LogP contribution in [0.15, 0.2) is 85.2 Å². The molecule has 0 saturated carbocycles. The van der Waals surface area contributed by atoms with Gasteiger partial charge in [-0.25, -0.2) is 14.5 Å². The zero-order valence-electron chi connectivity index (χ0n) is 20.6. The zero-order valence-corrected chi connectivity index (χ0v) is 20.6. The van der Waals surface area contributed by atoms with E-state index in [0.29, 0.717) is 34.4 Å². The first-order chi connectivity index (χ1) is 18.7. The summed E-state index contributed by atoms with van der Waals surface area (Å²) in [6.45, 7) is 0. The van der Waals surface area contributed by atoms with Crippen molar-refractivity contribution in [3.05, 3.63) is 102 Å². The number of nitrogens with zero attached hydrogens (tertiary/aromatic N) is 4. The third kappa shape index (κ3) is 3.27. The van der Waals surface area contributed by atoms with E-state index in [0.717, 1.165) is 33.2 Å². The molecule has 1 aliphatic heterocycles. The van der Waals surface area contributed by atoms with E-state index in [1.807, 2.05) is 36.4 Å². The highest BCUT2D eigenvalue weighted by Crippen LogP contribution is 2.51. The molecular weight excluding hydrogens is 480 g/mol. The molecule has 186 valence electrons. The molecule has 38 heavy (non-hydrogen) atoms. The van der Waals surface area contributed by atoms with E-state index >= 15 is 0 Å². The fraction of sp³-hybridized carbons (Fsp3) is 0.100. The van der Waals surface area contributed by atoms with Crippen molar-refractivity contribution in [1.29, 1.82) is 0 Å². The number of ether oxygens (including phenoxy) is 3. The molecule has 0 amide bonds. The third-order valence-electron chi connectivity index (χ3n) is 6.98. The van der Waals surface area contributed by atoms with Gasteiger partial charge in [0, 0.05) is 16.9 Å². The van der Waals surface area contributed by atoms with Crippen molar-refractivity contribution in [3.8, 4) is 40.3 Å².